The molecule has 2 atom stereocenters. The molecule has 0 saturated carbocycles. The Morgan fingerprint density at radius 3 is 2.17 bits per heavy atom. The first-order valence-corrected chi connectivity index (χ1v) is 11.6. The molecule has 0 heterocycles. The number of rotatable bonds is 9. The molecule has 0 aliphatic rings. The molecule has 0 fully saturated rings. The van der Waals surface area contributed by atoms with E-state index < -0.39 is 27.8 Å². The van der Waals surface area contributed by atoms with Gasteiger partial charge in [0.2, 0.25) is 15.9 Å². The van der Waals surface area contributed by atoms with Crippen LogP contribution in [0.5, 0.6) is 0 Å². The highest BCUT2D eigenvalue weighted by Gasteiger charge is 2.34. The first-order chi connectivity index (χ1) is 13.6. The lowest BCUT2D eigenvalue weighted by Gasteiger charge is -2.32. The Labute approximate surface area is 173 Å². The third-order valence-corrected chi connectivity index (χ3v) is 5.81. The number of carbonyl (C=O) groups is 1. The van der Waals surface area contributed by atoms with Crippen molar-refractivity contribution in [3.8, 4) is 0 Å². The van der Waals surface area contributed by atoms with Crippen molar-refractivity contribution in [2.24, 2.45) is 5.92 Å². The van der Waals surface area contributed by atoms with Gasteiger partial charge < -0.3 is 5.32 Å². The van der Waals surface area contributed by atoms with E-state index in [1.165, 1.54) is 18.2 Å². The monoisotopic (exact) mass is 420 g/mol. The van der Waals surface area contributed by atoms with Gasteiger partial charge in [-0.05, 0) is 36.5 Å². The SMILES string of the molecule is CCC(C(=O)NC(CC(C)C)c1ccccc1)N(c1ccccc1F)S(C)(=O)=O. The van der Waals surface area contributed by atoms with Crippen LogP contribution in [0.1, 0.15) is 45.2 Å². The topological polar surface area (TPSA) is 66.5 Å². The molecule has 2 aromatic rings. The maximum absolute atomic E-state index is 14.4. The molecular weight excluding hydrogens is 391 g/mol. The number of nitrogens with one attached hydrogen (secondary N) is 1. The van der Waals surface area contributed by atoms with Gasteiger partial charge in [0.15, 0.2) is 0 Å². The van der Waals surface area contributed by atoms with E-state index >= 15 is 0 Å². The normalized spacial score (nSPS) is 13.7. The Morgan fingerprint density at radius 1 is 1.07 bits per heavy atom. The highest BCUT2D eigenvalue weighted by molar-refractivity contribution is 7.92. The standard InChI is InChI=1S/C22H29FN2O3S/c1-5-20(25(29(4,27)28)21-14-10-9-13-18(21)23)22(26)24-19(15-16(2)3)17-11-7-6-8-12-17/h6-14,16,19-20H,5,15H2,1-4H3,(H,24,26). The van der Waals surface area contributed by atoms with Gasteiger partial charge in [0.1, 0.15) is 11.9 Å². The molecule has 2 rings (SSSR count). The van der Waals surface area contributed by atoms with Gasteiger partial charge >= 0.3 is 0 Å². The summed E-state index contributed by atoms with van der Waals surface area (Å²) in [6, 6.07) is 13.8. The minimum Gasteiger partial charge on any atom is -0.347 e. The third-order valence-electron chi connectivity index (χ3n) is 4.65. The van der Waals surface area contributed by atoms with Crippen molar-refractivity contribution in [3.05, 3.63) is 66.0 Å². The number of benzene rings is 2. The number of anilines is 1. The molecule has 5 nitrogen and oxygen atoms in total. The second-order valence-electron chi connectivity index (χ2n) is 7.54. The smallest absolute Gasteiger partial charge is 0.244 e. The lowest BCUT2D eigenvalue weighted by molar-refractivity contribution is -0.123. The van der Waals surface area contributed by atoms with Crippen molar-refractivity contribution in [3.63, 3.8) is 0 Å². The Hall–Kier alpha value is -2.41. The predicted octanol–water partition coefficient (Wildman–Crippen LogP) is 4.27. The van der Waals surface area contributed by atoms with Gasteiger partial charge in [0.05, 0.1) is 18.0 Å². The first kappa shape index (κ1) is 22.9. The summed E-state index contributed by atoms with van der Waals surface area (Å²) in [6.07, 6.45) is 1.89. The fraction of sp³-hybridized carbons (Fsp3) is 0.409. The van der Waals surface area contributed by atoms with Gasteiger partial charge in [-0.25, -0.2) is 12.8 Å². The van der Waals surface area contributed by atoms with E-state index in [0.29, 0.717) is 12.3 Å². The molecule has 0 aliphatic carbocycles. The molecule has 2 aromatic carbocycles. The van der Waals surface area contributed by atoms with Crippen LogP contribution in [0.2, 0.25) is 0 Å². The van der Waals surface area contributed by atoms with Crippen LogP contribution < -0.4 is 9.62 Å². The molecule has 0 radical (unpaired) electrons. The largest absolute Gasteiger partial charge is 0.347 e. The van der Waals surface area contributed by atoms with Crippen LogP contribution in [-0.4, -0.2) is 26.6 Å². The predicted molar refractivity (Wildman–Crippen MR) is 115 cm³/mol. The van der Waals surface area contributed by atoms with E-state index in [-0.39, 0.29) is 18.2 Å². The second-order valence-corrected chi connectivity index (χ2v) is 9.40. The molecule has 158 valence electrons. The molecule has 2 unspecified atom stereocenters. The summed E-state index contributed by atoms with van der Waals surface area (Å²) in [6.45, 7) is 5.83. The molecule has 0 aliphatic heterocycles. The summed E-state index contributed by atoms with van der Waals surface area (Å²) in [5.74, 6) is -0.820. The third kappa shape index (κ3) is 6.03. The minimum atomic E-state index is -3.89. The zero-order valence-electron chi connectivity index (χ0n) is 17.3. The number of sulfonamides is 1. The Balaban J connectivity index is 2.39. The molecule has 29 heavy (non-hydrogen) atoms. The number of hydrogen-bond donors (Lipinski definition) is 1. The van der Waals surface area contributed by atoms with Crippen molar-refractivity contribution in [2.45, 2.75) is 45.7 Å². The Morgan fingerprint density at radius 2 is 1.66 bits per heavy atom. The number of hydrogen-bond acceptors (Lipinski definition) is 3. The van der Waals surface area contributed by atoms with Crippen LogP contribution >= 0.6 is 0 Å². The van der Waals surface area contributed by atoms with Gasteiger partial charge in [-0.3, -0.25) is 9.10 Å². The zero-order chi connectivity index (χ0) is 21.6. The number of halogens is 1. The molecule has 0 bridgehead atoms. The first-order valence-electron chi connectivity index (χ1n) is 9.74. The number of carbonyl (C=O) groups excluding carboxylic acids is 1. The minimum absolute atomic E-state index is 0.128. The van der Waals surface area contributed by atoms with Gasteiger partial charge in [-0.2, -0.15) is 0 Å². The van der Waals surface area contributed by atoms with Crippen molar-refractivity contribution < 1.29 is 17.6 Å². The summed E-state index contributed by atoms with van der Waals surface area (Å²) >= 11 is 0. The van der Waals surface area contributed by atoms with Gasteiger partial charge in [-0.15, -0.1) is 0 Å². The number of amides is 1. The van der Waals surface area contributed by atoms with Crippen LogP contribution in [0.25, 0.3) is 0 Å². The van der Waals surface area contributed by atoms with Crippen LogP contribution in [0, 0.1) is 11.7 Å². The van der Waals surface area contributed by atoms with Crippen molar-refractivity contribution in [2.75, 3.05) is 10.6 Å². The highest BCUT2D eigenvalue weighted by atomic mass is 32.2. The molecule has 0 aromatic heterocycles. The fourth-order valence-electron chi connectivity index (χ4n) is 3.37. The molecular formula is C22H29FN2O3S. The van der Waals surface area contributed by atoms with E-state index in [1.54, 1.807) is 13.0 Å². The van der Waals surface area contributed by atoms with Gasteiger partial charge in [0, 0.05) is 0 Å². The lowest BCUT2D eigenvalue weighted by Crippen LogP contribution is -2.50. The zero-order valence-corrected chi connectivity index (χ0v) is 18.1. The van der Waals surface area contributed by atoms with E-state index in [9.17, 15) is 17.6 Å². The molecule has 0 spiro atoms. The quantitative estimate of drug-likeness (QED) is 0.659. The van der Waals surface area contributed by atoms with Gasteiger partial charge in [0.25, 0.3) is 0 Å². The van der Waals surface area contributed by atoms with Crippen LogP contribution in [0.3, 0.4) is 0 Å². The summed E-state index contributed by atoms with van der Waals surface area (Å²) in [5, 5.41) is 2.99. The summed E-state index contributed by atoms with van der Waals surface area (Å²) in [7, 11) is -3.89. The summed E-state index contributed by atoms with van der Waals surface area (Å²) < 4.78 is 40.3. The summed E-state index contributed by atoms with van der Waals surface area (Å²) in [5.41, 5.74) is 0.818. The maximum atomic E-state index is 14.4. The Kier molecular flexibility index (Phi) is 7.79. The Bertz CT molecular complexity index is 917. The van der Waals surface area contributed by atoms with E-state index in [2.05, 4.69) is 19.2 Å². The molecule has 1 N–H and O–H groups in total. The van der Waals surface area contributed by atoms with Crippen molar-refractivity contribution >= 4 is 21.6 Å². The summed E-state index contributed by atoms with van der Waals surface area (Å²) in [4.78, 5) is 13.2. The van der Waals surface area contributed by atoms with Crippen LogP contribution in [0.4, 0.5) is 10.1 Å². The van der Waals surface area contributed by atoms with Crippen LogP contribution in [0.15, 0.2) is 54.6 Å². The maximum Gasteiger partial charge on any atom is 0.244 e. The van der Waals surface area contributed by atoms with Crippen LogP contribution in [-0.2, 0) is 14.8 Å². The highest BCUT2D eigenvalue weighted by Crippen LogP contribution is 2.27. The number of nitrogens with zero attached hydrogens (tertiary/aromatic N) is 1. The molecule has 0 saturated heterocycles. The average Bonchev–Trinajstić information content (AvgIpc) is 2.65. The fourth-order valence-corrected chi connectivity index (χ4v) is 4.58. The lowest BCUT2D eigenvalue weighted by atomic mass is 9.96. The average molecular weight is 421 g/mol. The van der Waals surface area contributed by atoms with Crippen molar-refractivity contribution in [1.29, 1.82) is 0 Å². The van der Waals surface area contributed by atoms with E-state index in [0.717, 1.165) is 16.1 Å². The van der Waals surface area contributed by atoms with Crippen molar-refractivity contribution in [1.82, 2.24) is 5.32 Å². The molecule has 1 amide bonds. The van der Waals surface area contributed by atoms with E-state index in [4.69, 9.17) is 0 Å². The number of para-hydroxylation sites is 1. The molecule has 7 heteroatoms. The second kappa shape index (κ2) is 9.87. The van der Waals surface area contributed by atoms with E-state index in [1.807, 2.05) is 30.3 Å². The van der Waals surface area contributed by atoms with Gasteiger partial charge in [-0.1, -0.05) is 63.2 Å².